The Kier molecular flexibility index (Phi) is 3.34. The number of hydrogen-bond acceptors (Lipinski definition) is 1. The van der Waals surface area contributed by atoms with Crippen LogP contribution in [0.4, 0.5) is 0 Å². The molecular weight excluding hydrogens is 162 g/mol. The highest BCUT2D eigenvalue weighted by Crippen LogP contribution is 2.32. The van der Waals surface area contributed by atoms with Gasteiger partial charge in [0.05, 0.1) is 0 Å². The van der Waals surface area contributed by atoms with E-state index in [4.69, 9.17) is 0 Å². The lowest BCUT2D eigenvalue weighted by molar-refractivity contribution is -0.120. The van der Waals surface area contributed by atoms with Crippen molar-refractivity contribution in [3.8, 4) is 0 Å². The molecule has 0 aromatic heterocycles. The molecule has 2 heteroatoms. The third kappa shape index (κ3) is 2.71. The summed E-state index contributed by atoms with van der Waals surface area (Å²) in [5.74, 6) is 2.18. The molecule has 1 aliphatic carbocycles. The minimum Gasteiger partial charge on any atom is -0.353 e. The predicted octanol–water partition coefficient (Wildman–Crippen LogP) is 2.19. The lowest BCUT2D eigenvalue weighted by atomic mass is 9.74. The van der Waals surface area contributed by atoms with Crippen molar-refractivity contribution in [3.63, 3.8) is 0 Å². The first kappa shape index (κ1) is 10.6. The van der Waals surface area contributed by atoms with Crippen molar-refractivity contribution in [2.45, 2.75) is 46.6 Å². The average Bonchev–Trinajstić information content (AvgIpc) is 1.96. The van der Waals surface area contributed by atoms with Gasteiger partial charge in [-0.05, 0) is 30.6 Å². The standard InChI is InChI=1S/C11H21NO/c1-7-5-8(2)11(9(3)6-7)12-10(4)13/h7-9,11H,5-6H2,1-4H3,(H,12,13)/t7?,8-,9+,11?. The first-order valence-electron chi connectivity index (χ1n) is 5.27. The zero-order valence-electron chi connectivity index (χ0n) is 9.13. The van der Waals surface area contributed by atoms with E-state index in [1.165, 1.54) is 12.8 Å². The van der Waals surface area contributed by atoms with Crippen LogP contribution in [-0.4, -0.2) is 11.9 Å². The lowest BCUT2D eigenvalue weighted by Crippen LogP contribution is -2.46. The Balaban J connectivity index is 2.56. The highest BCUT2D eigenvalue weighted by molar-refractivity contribution is 5.73. The SMILES string of the molecule is CC(=O)NC1[C@H](C)CC(C)C[C@@H]1C. The third-order valence-corrected chi connectivity index (χ3v) is 3.14. The van der Waals surface area contributed by atoms with Crippen LogP contribution < -0.4 is 5.32 Å². The van der Waals surface area contributed by atoms with Crippen LogP contribution in [0.3, 0.4) is 0 Å². The molecule has 0 saturated heterocycles. The van der Waals surface area contributed by atoms with Crippen LogP contribution in [-0.2, 0) is 4.79 Å². The summed E-state index contributed by atoms with van der Waals surface area (Å²) in [6.07, 6.45) is 2.49. The summed E-state index contributed by atoms with van der Waals surface area (Å²) in [6, 6.07) is 0.397. The summed E-state index contributed by atoms with van der Waals surface area (Å²) in [7, 11) is 0. The van der Waals surface area contributed by atoms with Gasteiger partial charge in [-0.3, -0.25) is 4.79 Å². The topological polar surface area (TPSA) is 29.1 Å². The Morgan fingerprint density at radius 2 is 1.62 bits per heavy atom. The van der Waals surface area contributed by atoms with Crippen LogP contribution in [0.15, 0.2) is 0 Å². The lowest BCUT2D eigenvalue weighted by Gasteiger charge is -2.38. The van der Waals surface area contributed by atoms with Crippen molar-refractivity contribution >= 4 is 5.91 Å². The molecule has 1 aliphatic rings. The van der Waals surface area contributed by atoms with Crippen molar-refractivity contribution in [1.82, 2.24) is 5.32 Å². The monoisotopic (exact) mass is 183 g/mol. The van der Waals surface area contributed by atoms with Gasteiger partial charge in [0, 0.05) is 13.0 Å². The molecule has 2 unspecified atom stereocenters. The Bertz CT molecular complexity index is 179. The van der Waals surface area contributed by atoms with Gasteiger partial charge in [-0.1, -0.05) is 20.8 Å². The van der Waals surface area contributed by atoms with E-state index in [0.717, 1.165) is 5.92 Å². The van der Waals surface area contributed by atoms with Crippen molar-refractivity contribution in [1.29, 1.82) is 0 Å². The van der Waals surface area contributed by atoms with Crippen LogP contribution in [0.1, 0.15) is 40.5 Å². The highest BCUT2D eigenvalue weighted by Gasteiger charge is 2.31. The normalized spacial score (nSPS) is 40.0. The van der Waals surface area contributed by atoms with Crippen molar-refractivity contribution < 1.29 is 4.79 Å². The number of amides is 1. The third-order valence-electron chi connectivity index (χ3n) is 3.14. The van der Waals surface area contributed by atoms with Gasteiger partial charge in [0.1, 0.15) is 0 Å². The van der Waals surface area contributed by atoms with Gasteiger partial charge in [0.2, 0.25) is 5.91 Å². The maximum Gasteiger partial charge on any atom is 0.217 e. The average molecular weight is 183 g/mol. The molecule has 4 atom stereocenters. The molecule has 76 valence electrons. The smallest absolute Gasteiger partial charge is 0.217 e. The fourth-order valence-electron chi connectivity index (χ4n) is 2.74. The highest BCUT2D eigenvalue weighted by atomic mass is 16.1. The second-order valence-corrected chi connectivity index (χ2v) is 4.76. The summed E-state index contributed by atoms with van der Waals surface area (Å²) < 4.78 is 0. The molecule has 1 rings (SSSR count). The van der Waals surface area contributed by atoms with E-state index >= 15 is 0 Å². The first-order chi connectivity index (χ1) is 6.00. The Morgan fingerprint density at radius 3 is 2.00 bits per heavy atom. The molecule has 13 heavy (non-hydrogen) atoms. The molecule has 1 saturated carbocycles. The van der Waals surface area contributed by atoms with Gasteiger partial charge in [0.25, 0.3) is 0 Å². The van der Waals surface area contributed by atoms with Crippen molar-refractivity contribution in [2.24, 2.45) is 17.8 Å². The van der Waals surface area contributed by atoms with Crippen LogP contribution >= 0.6 is 0 Å². The number of carbonyl (C=O) groups is 1. The molecule has 1 fully saturated rings. The van der Waals surface area contributed by atoms with E-state index < -0.39 is 0 Å². The van der Waals surface area contributed by atoms with Gasteiger partial charge in [-0.15, -0.1) is 0 Å². The van der Waals surface area contributed by atoms with E-state index in [0.29, 0.717) is 17.9 Å². The molecule has 0 spiro atoms. The van der Waals surface area contributed by atoms with Crippen LogP contribution in [0, 0.1) is 17.8 Å². The molecule has 2 nitrogen and oxygen atoms in total. The minimum absolute atomic E-state index is 0.109. The number of nitrogens with one attached hydrogen (secondary N) is 1. The van der Waals surface area contributed by atoms with E-state index in [-0.39, 0.29) is 5.91 Å². The fraction of sp³-hybridized carbons (Fsp3) is 0.909. The molecule has 1 amide bonds. The molecule has 1 N–H and O–H groups in total. The zero-order valence-corrected chi connectivity index (χ0v) is 9.13. The Morgan fingerprint density at radius 1 is 1.15 bits per heavy atom. The summed E-state index contributed by atoms with van der Waals surface area (Å²) in [6.45, 7) is 8.40. The van der Waals surface area contributed by atoms with Gasteiger partial charge in [0.15, 0.2) is 0 Å². The molecule has 0 heterocycles. The predicted molar refractivity (Wildman–Crippen MR) is 54.3 cm³/mol. The summed E-state index contributed by atoms with van der Waals surface area (Å²) >= 11 is 0. The van der Waals surface area contributed by atoms with Crippen LogP contribution in [0.25, 0.3) is 0 Å². The van der Waals surface area contributed by atoms with Crippen LogP contribution in [0.5, 0.6) is 0 Å². The van der Waals surface area contributed by atoms with Crippen LogP contribution in [0.2, 0.25) is 0 Å². The van der Waals surface area contributed by atoms with E-state index in [9.17, 15) is 4.79 Å². The number of carbonyl (C=O) groups excluding carboxylic acids is 1. The molecule has 0 aliphatic heterocycles. The fourth-order valence-corrected chi connectivity index (χ4v) is 2.74. The molecule has 0 aromatic carbocycles. The Labute approximate surface area is 81.1 Å². The summed E-state index contributed by atoms with van der Waals surface area (Å²) in [5.41, 5.74) is 0. The van der Waals surface area contributed by atoms with Gasteiger partial charge in [-0.2, -0.15) is 0 Å². The van der Waals surface area contributed by atoms with E-state index in [1.54, 1.807) is 6.92 Å². The van der Waals surface area contributed by atoms with Crippen molar-refractivity contribution in [3.05, 3.63) is 0 Å². The van der Waals surface area contributed by atoms with Crippen molar-refractivity contribution in [2.75, 3.05) is 0 Å². The van der Waals surface area contributed by atoms with Gasteiger partial charge in [-0.25, -0.2) is 0 Å². The second kappa shape index (κ2) is 4.12. The molecule has 0 bridgehead atoms. The maximum absolute atomic E-state index is 11.0. The second-order valence-electron chi connectivity index (χ2n) is 4.76. The maximum atomic E-state index is 11.0. The number of hydrogen-bond donors (Lipinski definition) is 1. The van der Waals surface area contributed by atoms with E-state index in [1.807, 2.05) is 0 Å². The van der Waals surface area contributed by atoms with E-state index in [2.05, 4.69) is 26.1 Å². The quantitative estimate of drug-likeness (QED) is 0.663. The zero-order chi connectivity index (χ0) is 10.0. The summed E-state index contributed by atoms with van der Waals surface area (Å²) in [5, 5.41) is 3.06. The molecular formula is C11H21NO. The molecule has 0 radical (unpaired) electrons. The molecule has 0 aromatic rings. The summed E-state index contributed by atoms with van der Waals surface area (Å²) in [4.78, 5) is 11.0. The number of rotatable bonds is 1. The minimum atomic E-state index is 0.109. The van der Waals surface area contributed by atoms with Gasteiger partial charge >= 0.3 is 0 Å². The largest absolute Gasteiger partial charge is 0.353 e. The first-order valence-corrected chi connectivity index (χ1v) is 5.27. The van der Waals surface area contributed by atoms with Gasteiger partial charge < -0.3 is 5.32 Å². The Hall–Kier alpha value is -0.530.